The lowest BCUT2D eigenvalue weighted by Crippen LogP contribution is -2.49. The van der Waals surface area contributed by atoms with Gasteiger partial charge in [0.05, 0.1) is 0 Å². The highest BCUT2D eigenvalue weighted by Crippen LogP contribution is 2.34. The fourth-order valence-corrected chi connectivity index (χ4v) is 3.60. The summed E-state index contributed by atoms with van der Waals surface area (Å²) in [6, 6.07) is -0.00529. The van der Waals surface area contributed by atoms with E-state index in [0.29, 0.717) is 19.3 Å². The van der Waals surface area contributed by atoms with E-state index in [2.05, 4.69) is 5.32 Å². The predicted octanol–water partition coefficient (Wildman–Crippen LogP) is 2.23. The number of Topliss-reactive ketones (excluding diaryl/α,β-unsaturated/α-hetero) is 2. The van der Waals surface area contributed by atoms with Crippen LogP contribution in [0.25, 0.3) is 0 Å². The second-order valence-electron chi connectivity index (χ2n) is 6.85. The zero-order valence-corrected chi connectivity index (χ0v) is 12.8. The molecule has 4 nitrogen and oxygen atoms in total. The predicted molar refractivity (Wildman–Crippen MR) is 76.6 cm³/mol. The van der Waals surface area contributed by atoms with E-state index in [-0.39, 0.29) is 28.4 Å². The van der Waals surface area contributed by atoms with Crippen molar-refractivity contribution >= 4 is 29.1 Å². The molecule has 0 aromatic heterocycles. The lowest BCUT2D eigenvalue weighted by molar-refractivity contribution is -0.146. The smallest absolute Gasteiger partial charge is 0.238 e. The van der Waals surface area contributed by atoms with Crippen LogP contribution in [0.3, 0.4) is 0 Å². The van der Waals surface area contributed by atoms with Crippen LogP contribution < -0.4 is 5.32 Å². The molecule has 0 bridgehead atoms. The number of hydrogen-bond acceptors (Lipinski definition) is 3. The first-order valence-electron chi connectivity index (χ1n) is 7.28. The van der Waals surface area contributed by atoms with Crippen LogP contribution in [0.1, 0.15) is 52.4 Å². The first-order chi connectivity index (χ1) is 9.28. The molecule has 20 heavy (non-hydrogen) atoms. The highest BCUT2D eigenvalue weighted by Gasteiger charge is 2.43. The van der Waals surface area contributed by atoms with Crippen LogP contribution in [0.4, 0.5) is 0 Å². The summed E-state index contributed by atoms with van der Waals surface area (Å²) in [5, 5.41) is 2.92. The van der Waals surface area contributed by atoms with Crippen molar-refractivity contribution in [1.29, 1.82) is 0 Å². The van der Waals surface area contributed by atoms with Gasteiger partial charge in [0.1, 0.15) is 0 Å². The summed E-state index contributed by atoms with van der Waals surface area (Å²) in [7, 11) is 0. The van der Waals surface area contributed by atoms with Gasteiger partial charge in [-0.1, -0.05) is 13.8 Å². The summed E-state index contributed by atoms with van der Waals surface area (Å²) >= 11 is 6.09. The van der Waals surface area contributed by atoms with Gasteiger partial charge < -0.3 is 5.32 Å². The largest absolute Gasteiger partial charge is 0.352 e. The maximum atomic E-state index is 12.2. The molecule has 0 heterocycles. The monoisotopic (exact) mass is 299 g/mol. The fourth-order valence-electron chi connectivity index (χ4n) is 3.23. The van der Waals surface area contributed by atoms with Gasteiger partial charge in [-0.3, -0.25) is 14.4 Å². The summed E-state index contributed by atoms with van der Waals surface area (Å²) < 4.78 is 0. The Morgan fingerprint density at radius 2 is 1.80 bits per heavy atom. The Kier molecular flexibility index (Phi) is 4.52. The number of hydrogen-bond donors (Lipinski definition) is 1. The van der Waals surface area contributed by atoms with Gasteiger partial charge in [0.2, 0.25) is 5.91 Å². The third kappa shape index (κ3) is 3.60. The van der Waals surface area contributed by atoms with Crippen molar-refractivity contribution in [2.24, 2.45) is 11.3 Å². The third-order valence-corrected chi connectivity index (χ3v) is 4.56. The molecule has 2 fully saturated rings. The van der Waals surface area contributed by atoms with Crippen molar-refractivity contribution in [1.82, 2.24) is 5.32 Å². The summed E-state index contributed by atoms with van der Waals surface area (Å²) in [5.74, 6) is -2.02. The van der Waals surface area contributed by atoms with Gasteiger partial charge in [0.25, 0.3) is 0 Å². The van der Waals surface area contributed by atoms with Crippen molar-refractivity contribution in [2.45, 2.75) is 63.8 Å². The molecule has 0 radical (unpaired) electrons. The van der Waals surface area contributed by atoms with Gasteiger partial charge in [0.15, 0.2) is 17.5 Å². The Hall–Kier alpha value is -0.900. The number of nitrogens with one attached hydrogen (secondary N) is 1. The highest BCUT2D eigenvalue weighted by molar-refractivity contribution is 6.21. The van der Waals surface area contributed by atoms with E-state index in [4.69, 9.17) is 11.6 Å². The SMILES string of the molecule is CC1(C)CC(=O)C(C(=O)NC2CCCC(Cl)C2)C(=O)C1. The number of carbonyl (C=O) groups is 3. The summed E-state index contributed by atoms with van der Waals surface area (Å²) in [5.41, 5.74) is -0.322. The zero-order valence-electron chi connectivity index (χ0n) is 12.1. The Labute approximate surface area is 124 Å². The Balaban J connectivity index is 1.98. The molecule has 2 unspecified atom stereocenters. The maximum absolute atomic E-state index is 12.2. The molecule has 1 N–H and O–H groups in total. The minimum atomic E-state index is -1.10. The van der Waals surface area contributed by atoms with Crippen molar-refractivity contribution in [3.63, 3.8) is 0 Å². The molecule has 2 aliphatic rings. The Morgan fingerprint density at radius 1 is 1.20 bits per heavy atom. The van der Waals surface area contributed by atoms with Gasteiger partial charge >= 0.3 is 0 Å². The second kappa shape index (κ2) is 5.84. The standard InChI is InChI=1S/C15H22ClNO3/c1-15(2)7-11(18)13(12(19)8-15)14(20)17-10-5-3-4-9(16)6-10/h9-10,13H,3-8H2,1-2H3,(H,17,20). The quantitative estimate of drug-likeness (QED) is 0.628. The van der Waals surface area contributed by atoms with E-state index in [0.717, 1.165) is 19.3 Å². The van der Waals surface area contributed by atoms with Crippen LogP contribution in [0.15, 0.2) is 0 Å². The Bertz CT molecular complexity index is 413. The number of ketones is 2. The van der Waals surface area contributed by atoms with E-state index >= 15 is 0 Å². The topological polar surface area (TPSA) is 63.2 Å². The third-order valence-electron chi connectivity index (χ3n) is 4.17. The molecule has 0 saturated heterocycles. The molecule has 0 aromatic rings. The molecule has 2 aliphatic carbocycles. The normalized spacial score (nSPS) is 31.1. The van der Waals surface area contributed by atoms with Crippen LogP contribution >= 0.6 is 11.6 Å². The van der Waals surface area contributed by atoms with E-state index in [1.54, 1.807) is 0 Å². The van der Waals surface area contributed by atoms with Crippen molar-refractivity contribution in [2.75, 3.05) is 0 Å². The number of rotatable bonds is 2. The minimum absolute atomic E-state index is 0.00529. The molecule has 2 atom stereocenters. The van der Waals surface area contributed by atoms with Crippen LogP contribution in [0.5, 0.6) is 0 Å². The van der Waals surface area contributed by atoms with Gasteiger partial charge in [-0.05, 0) is 31.1 Å². The van der Waals surface area contributed by atoms with Crippen molar-refractivity contribution in [3.05, 3.63) is 0 Å². The number of carbonyl (C=O) groups excluding carboxylic acids is 3. The molecule has 2 saturated carbocycles. The van der Waals surface area contributed by atoms with Gasteiger partial charge in [-0.25, -0.2) is 0 Å². The van der Waals surface area contributed by atoms with Crippen LogP contribution in [-0.4, -0.2) is 28.9 Å². The van der Waals surface area contributed by atoms with E-state index in [9.17, 15) is 14.4 Å². The summed E-state index contributed by atoms with van der Waals surface area (Å²) in [6.45, 7) is 3.77. The van der Waals surface area contributed by atoms with E-state index in [1.807, 2.05) is 13.8 Å². The maximum Gasteiger partial charge on any atom is 0.238 e. The molecular weight excluding hydrogens is 278 g/mol. The number of amides is 1. The molecular formula is C15H22ClNO3. The summed E-state index contributed by atoms with van der Waals surface area (Å²) in [6.07, 6.45) is 4.10. The molecule has 0 aliphatic heterocycles. The first kappa shape index (κ1) is 15.5. The van der Waals surface area contributed by atoms with E-state index < -0.39 is 11.8 Å². The van der Waals surface area contributed by atoms with Crippen molar-refractivity contribution < 1.29 is 14.4 Å². The lowest BCUT2D eigenvalue weighted by atomic mass is 9.71. The molecule has 1 amide bonds. The number of halogens is 1. The minimum Gasteiger partial charge on any atom is -0.352 e. The van der Waals surface area contributed by atoms with E-state index in [1.165, 1.54) is 0 Å². The molecule has 112 valence electrons. The van der Waals surface area contributed by atoms with Crippen LogP contribution in [0.2, 0.25) is 0 Å². The molecule has 5 heteroatoms. The molecule has 2 rings (SSSR count). The van der Waals surface area contributed by atoms with Gasteiger partial charge in [-0.2, -0.15) is 0 Å². The second-order valence-corrected chi connectivity index (χ2v) is 7.47. The lowest BCUT2D eigenvalue weighted by Gasteiger charge is -2.33. The Morgan fingerprint density at radius 3 is 2.35 bits per heavy atom. The van der Waals surface area contributed by atoms with Gasteiger partial charge in [0, 0.05) is 24.3 Å². The van der Waals surface area contributed by atoms with Crippen LogP contribution in [-0.2, 0) is 14.4 Å². The molecule has 0 spiro atoms. The average Bonchev–Trinajstić information content (AvgIpc) is 2.25. The highest BCUT2D eigenvalue weighted by atomic mass is 35.5. The summed E-state index contributed by atoms with van der Waals surface area (Å²) in [4.78, 5) is 36.3. The van der Waals surface area contributed by atoms with Crippen molar-refractivity contribution in [3.8, 4) is 0 Å². The fraction of sp³-hybridized carbons (Fsp3) is 0.800. The van der Waals surface area contributed by atoms with Gasteiger partial charge in [-0.15, -0.1) is 11.6 Å². The molecule has 0 aromatic carbocycles. The first-order valence-corrected chi connectivity index (χ1v) is 7.72. The number of alkyl halides is 1. The van der Waals surface area contributed by atoms with Crippen LogP contribution in [0, 0.1) is 11.3 Å². The average molecular weight is 300 g/mol. The zero-order chi connectivity index (χ0) is 14.9.